The fraction of sp³-hybridized carbons (Fsp3) is 0.400. The van der Waals surface area contributed by atoms with Crippen LogP contribution in [0, 0.1) is 0 Å². The average Bonchev–Trinajstić information content (AvgIpc) is 2.53. The molecule has 0 atom stereocenters. The normalized spacial score (nSPS) is 11.5. The first kappa shape index (κ1) is 18.1. The summed E-state index contributed by atoms with van der Waals surface area (Å²) in [4.78, 5) is 1.32. The van der Waals surface area contributed by atoms with Gasteiger partial charge in [-0.1, -0.05) is 56.4 Å². The molecule has 2 aromatic rings. The summed E-state index contributed by atoms with van der Waals surface area (Å²) in [7, 11) is 0.797. The van der Waals surface area contributed by atoms with Crippen molar-refractivity contribution in [3.8, 4) is 5.75 Å². The van der Waals surface area contributed by atoms with E-state index in [-0.39, 0.29) is 0 Å². The average molecular weight is 345 g/mol. The molecule has 2 rings (SSSR count). The monoisotopic (exact) mass is 344 g/mol. The standard InChI is InChI=1S/C20H28OSSi/c1-21-19-13-12-17(9-8-14-23(2,3)4)18(15-19)16-22-20-10-6-5-7-11-20/h5-7,10-13,15H,8-9,14,16H2,1-4H3. The summed E-state index contributed by atoms with van der Waals surface area (Å²) in [5.74, 6) is 1.96. The van der Waals surface area contributed by atoms with Crippen LogP contribution in [0.2, 0.25) is 25.7 Å². The van der Waals surface area contributed by atoms with E-state index in [4.69, 9.17) is 4.74 Å². The van der Waals surface area contributed by atoms with Crippen LogP contribution in [-0.4, -0.2) is 15.2 Å². The molecule has 0 unspecified atom stereocenters. The van der Waals surface area contributed by atoms with Crippen LogP contribution in [0.15, 0.2) is 53.4 Å². The molecule has 0 heterocycles. The molecule has 0 N–H and O–H groups in total. The summed E-state index contributed by atoms with van der Waals surface area (Å²) < 4.78 is 5.42. The highest BCUT2D eigenvalue weighted by Gasteiger charge is 2.13. The van der Waals surface area contributed by atoms with E-state index in [1.54, 1.807) is 7.11 Å². The van der Waals surface area contributed by atoms with Gasteiger partial charge in [-0.15, -0.1) is 11.8 Å². The Morgan fingerprint density at radius 2 is 1.70 bits per heavy atom. The lowest BCUT2D eigenvalue weighted by Crippen LogP contribution is -2.19. The van der Waals surface area contributed by atoms with E-state index in [1.165, 1.54) is 34.9 Å². The second kappa shape index (κ2) is 8.60. The maximum atomic E-state index is 5.42. The number of ether oxygens (including phenoxy) is 1. The first-order chi connectivity index (χ1) is 11.0. The van der Waals surface area contributed by atoms with Crippen LogP contribution >= 0.6 is 11.8 Å². The Balaban J connectivity index is 2.05. The third-order valence-electron chi connectivity index (χ3n) is 3.92. The van der Waals surface area contributed by atoms with Crippen LogP contribution in [0.4, 0.5) is 0 Å². The van der Waals surface area contributed by atoms with Gasteiger partial charge in [0.15, 0.2) is 0 Å². The fourth-order valence-corrected chi connectivity index (χ4v) is 4.77. The van der Waals surface area contributed by atoms with E-state index in [0.29, 0.717) is 0 Å². The molecule has 0 radical (unpaired) electrons. The number of hydrogen-bond acceptors (Lipinski definition) is 2. The van der Waals surface area contributed by atoms with Crippen LogP contribution in [0.5, 0.6) is 5.75 Å². The topological polar surface area (TPSA) is 9.23 Å². The minimum Gasteiger partial charge on any atom is -0.497 e. The molecule has 0 aliphatic rings. The van der Waals surface area contributed by atoms with Crippen LogP contribution < -0.4 is 4.74 Å². The highest BCUT2D eigenvalue weighted by Crippen LogP contribution is 2.28. The summed E-state index contributed by atoms with van der Waals surface area (Å²) in [5, 5.41) is 0. The molecule has 0 fully saturated rings. The molecule has 1 nitrogen and oxygen atoms in total. The minimum atomic E-state index is -0.947. The maximum Gasteiger partial charge on any atom is 0.119 e. The molecule has 0 aliphatic heterocycles. The van der Waals surface area contributed by atoms with Gasteiger partial charge in [-0.05, 0) is 41.8 Å². The van der Waals surface area contributed by atoms with Gasteiger partial charge in [0.2, 0.25) is 0 Å². The second-order valence-electron chi connectivity index (χ2n) is 7.15. The minimum absolute atomic E-state index is 0.947. The number of hydrogen-bond donors (Lipinski definition) is 0. The first-order valence-electron chi connectivity index (χ1n) is 8.31. The molecular weight excluding hydrogens is 316 g/mol. The van der Waals surface area contributed by atoms with Crippen LogP contribution in [0.25, 0.3) is 0 Å². The van der Waals surface area contributed by atoms with Gasteiger partial charge < -0.3 is 4.74 Å². The number of benzene rings is 2. The van der Waals surface area contributed by atoms with Crippen molar-refractivity contribution in [2.24, 2.45) is 0 Å². The van der Waals surface area contributed by atoms with E-state index in [2.05, 4.69) is 68.2 Å². The predicted octanol–water partition coefficient (Wildman–Crippen LogP) is 6.26. The number of rotatable bonds is 8. The van der Waals surface area contributed by atoms with Crippen molar-refractivity contribution in [1.82, 2.24) is 0 Å². The van der Waals surface area contributed by atoms with E-state index in [1.807, 2.05) is 11.8 Å². The second-order valence-corrected chi connectivity index (χ2v) is 13.8. The van der Waals surface area contributed by atoms with Gasteiger partial charge in [0.1, 0.15) is 5.75 Å². The largest absolute Gasteiger partial charge is 0.497 e. The molecular formula is C20H28OSSi. The molecule has 0 aromatic heterocycles. The van der Waals surface area contributed by atoms with Crippen LogP contribution in [0.1, 0.15) is 17.5 Å². The summed E-state index contributed by atoms with van der Waals surface area (Å²) in [5.41, 5.74) is 2.89. The Morgan fingerprint density at radius 1 is 0.957 bits per heavy atom. The van der Waals surface area contributed by atoms with Gasteiger partial charge >= 0.3 is 0 Å². The molecule has 0 saturated heterocycles. The van der Waals surface area contributed by atoms with Gasteiger partial charge in [0, 0.05) is 18.7 Å². The van der Waals surface area contributed by atoms with Gasteiger partial charge in [0.25, 0.3) is 0 Å². The van der Waals surface area contributed by atoms with E-state index in [0.717, 1.165) is 11.5 Å². The van der Waals surface area contributed by atoms with E-state index in [9.17, 15) is 0 Å². The molecule has 3 heteroatoms. The van der Waals surface area contributed by atoms with Crippen molar-refractivity contribution in [1.29, 1.82) is 0 Å². The van der Waals surface area contributed by atoms with Crippen LogP contribution in [0.3, 0.4) is 0 Å². The van der Waals surface area contributed by atoms with Crippen molar-refractivity contribution >= 4 is 19.8 Å². The van der Waals surface area contributed by atoms with Gasteiger partial charge in [-0.2, -0.15) is 0 Å². The number of aryl methyl sites for hydroxylation is 1. The smallest absolute Gasteiger partial charge is 0.119 e. The van der Waals surface area contributed by atoms with Gasteiger partial charge in [-0.25, -0.2) is 0 Å². The van der Waals surface area contributed by atoms with Crippen molar-refractivity contribution in [2.45, 2.75) is 49.2 Å². The predicted molar refractivity (Wildman–Crippen MR) is 105 cm³/mol. The Hall–Kier alpha value is -1.19. The molecule has 0 spiro atoms. The maximum absolute atomic E-state index is 5.42. The third-order valence-corrected chi connectivity index (χ3v) is 6.84. The zero-order chi connectivity index (χ0) is 16.7. The van der Waals surface area contributed by atoms with Crippen molar-refractivity contribution < 1.29 is 4.74 Å². The SMILES string of the molecule is COc1ccc(CCC[Si](C)(C)C)c(CSc2ccccc2)c1. The lowest BCUT2D eigenvalue weighted by molar-refractivity contribution is 0.414. The summed E-state index contributed by atoms with van der Waals surface area (Å²) in [6, 6.07) is 18.6. The quantitative estimate of drug-likeness (QED) is 0.413. The molecule has 0 bridgehead atoms. The Morgan fingerprint density at radius 3 is 2.35 bits per heavy atom. The zero-order valence-electron chi connectivity index (χ0n) is 14.8. The van der Waals surface area contributed by atoms with Gasteiger partial charge in [0.05, 0.1) is 7.11 Å². The molecule has 0 saturated carbocycles. The zero-order valence-corrected chi connectivity index (χ0v) is 16.6. The summed E-state index contributed by atoms with van der Waals surface area (Å²) in [6.07, 6.45) is 2.48. The van der Waals surface area contributed by atoms with Gasteiger partial charge in [-0.3, -0.25) is 0 Å². The van der Waals surface area contributed by atoms with E-state index < -0.39 is 8.07 Å². The highest BCUT2D eigenvalue weighted by molar-refractivity contribution is 7.98. The van der Waals surface area contributed by atoms with Crippen molar-refractivity contribution in [3.63, 3.8) is 0 Å². The molecule has 0 amide bonds. The first-order valence-corrected chi connectivity index (χ1v) is 13.0. The van der Waals surface area contributed by atoms with Crippen molar-refractivity contribution in [3.05, 3.63) is 59.7 Å². The van der Waals surface area contributed by atoms with Crippen molar-refractivity contribution in [2.75, 3.05) is 7.11 Å². The Bertz CT molecular complexity index is 605. The molecule has 23 heavy (non-hydrogen) atoms. The highest BCUT2D eigenvalue weighted by atomic mass is 32.2. The van der Waals surface area contributed by atoms with Crippen LogP contribution in [-0.2, 0) is 12.2 Å². The molecule has 2 aromatic carbocycles. The van der Waals surface area contributed by atoms with E-state index >= 15 is 0 Å². The summed E-state index contributed by atoms with van der Waals surface area (Å²) >= 11 is 1.90. The fourth-order valence-electron chi connectivity index (χ4n) is 2.59. The lowest BCUT2D eigenvalue weighted by Gasteiger charge is -2.16. The Labute approximate surface area is 146 Å². The molecule has 124 valence electrons. The molecule has 0 aliphatic carbocycles. The lowest BCUT2D eigenvalue weighted by atomic mass is 10.0. The number of methoxy groups -OCH3 is 1. The third kappa shape index (κ3) is 6.44. The Kier molecular flexibility index (Phi) is 6.79. The summed E-state index contributed by atoms with van der Waals surface area (Å²) in [6.45, 7) is 7.35. The number of thioether (sulfide) groups is 1.